The molecule has 2 amide bonds. The van der Waals surface area contributed by atoms with E-state index in [1.165, 1.54) is 29.5 Å². The van der Waals surface area contributed by atoms with E-state index >= 15 is 0 Å². The van der Waals surface area contributed by atoms with E-state index in [0.717, 1.165) is 0 Å². The summed E-state index contributed by atoms with van der Waals surface area (Å²) in [6.45, 7) is 0.0505. The van der Waals surface area contributed by atoms with Crippen LogP contribution in [0.25, 0.3) is 0 Å². The average Bonchev–Trinajstić information content (AvgIpc) is 3.13. The second kappa shape index (κ2) is 9.33. The number of carbonyl (C=O) groups excluding carboxylic acids is 2. The van der Waals surface area contributed by atoms with Crippen LogP contribution >= 0.6 is 34.5 Å². The fourth-order valence-electron chi connectivity index (χ4n) is 1.84. The summed E-state index contributed by atoms with van der Waals surface area (Å²) in [6.07, 6.45) is 0.288. The molecule has 0 radical (unpaired) electrons. The maximum Gasteiger partial charge on any atom is 0.279 e. The molecule has 3 N–H and O–H groups in total. The first-order chi connectivity index (χ1) is 12.3. The Morgan fingerprint density at radius 3 is 2.50 bits per heavy atom. The number of hydrogen-bond acceptors (Lipinski definition) is 5. The SMILES string of the molecule is O=C(CCCNS(=O)(=O)c1ccc(Cl)c(Cl)c1)NNC(=O)c1cccs1. The molecule has 0 bridgehead atoms. The Morgan fingerprint density at radius 2 is 1.85 bits per heavy atom. The molecular weight excluding hydrogens is 421 g/mol. The molecule has 0 unspecified atom stereocenters. The van der Waals surface area contributed by atoms with Gasteiger partial charge >= 0.3 is 0 Å². The van der Waals surface area contributed by atoms with Gasteiger partial charge in [-0.1, -0.05) is 29.3 Å². The van der Waals surface area contributed by atoms with Crippen LogP contribution in [0.4, 0.5) is 0 Å². The van der Waals surface area contributed by atoms with Crippen molar-refractivity contribution in [1.82, 2.24) is 15.6 Å². The Bertz CT molecular complexity index is 886. The van der Waals surface area contributed by atoms with E-state index in [1.807, 2.05) is 0 Å². The lowest BCUT2D eigenvalue weighted by Gasteiger charge is -2.08. The smallest absolute Gasteiger partial charge is 0.273 e. The van der Waals surface area contributed by atoms with E-state index in [9.17, 15) is 18.0 Å². The van der Waals surface area contributed by atoms with Crippen LogP contribution in [-0.2, 0) is 14.8 Å². The standard InChI is InChI=1S/C15H15Cl2N3O4S2/c16-11-6-5-10(9-12(11)17)26(23,24)18-7-1-4-14(21)19-20-15(22)13-3-2-8-25-13/h2-3,5-6,8-9,18H,1,4,7H2,(H,19,21)(H,20,22). The Kier molecular flexibility index (Phi) is 7.42. The summed E-state index contributed by atoms with van der Waals surface area (Å²) in [4.78, 5) is 23.8. The minimum atomic E-state index is -3.75. The second-order valence-corrected chi connectivity index (χ2v) is 8.59. The van der Waals surface area contributed by atoms with E-state index in [0.29, 0.717) is 4.88 Å². The summed E-state index contributed by atoms with van der Waals surface area (Å²) in [6, 6.07) is 7.33. The summed E-state index contributed by atoms with van der Waals surface area (Å²) in [5, 5.41) is 2.14. The molecule has 0 saturated heterocycles. The van der Waals surface area contributed by atoms with Gasteiger partial charge in [-0.2, -0.15) is 0 Å². The molecule has 11 heteroatoms. The highest BCUT2D eigenvalue weighted by Crippen LogP contribution is 2.24. The minimum Gasteiger partial charge on any atom is -0.273 e. The zero-order chi connectivity index (χ0) is 19.2. The van der Waals surface area contributed by atoms with E-state index in [1.54, 1.807) is 17.5 Å². The number of carbonyl (C=O) groups is 2. The number of rotatable bonds is 7. The van der Waals surface area contributed by atoms with E-state index < -0.39 is 21.8 Å². The largest absolute Gasteiger partial charge is 0.279 e. The summed E-state index contributed by atoms with van der Waals surface area (Å²) in [7, 11) is -3.75. The van der Waals surface area contributed by atoms with Crippen molar-refractivity contribution < 1.29 is 18.0 Å². The lowest BCUT2D eigenvalue weighted by Crippen LogP contribution is -2.41. The van der Waals surface area contributed by atoms with Crippen LogP contribution in [0.3, 0.4) is 0 Å². The van der Waals surface area contributed by atoms with Gasteiger partial charge in [-0.15, -0.1) is 11.3 Å². The zero-order valence-electron chi connectivity index (χ0n) is 13.3. The summed E-state index contributed by atoms with van der Waals surface area (Å²) < 4.78 is 26.6. The third-order valence-corrected chi connectivity index (χ3v) is 6.20. The Balaban J connectivity index is 1.72. The highest BCUT2D eigenvalue weighted by atomic mass is 35.5. The first-order valence-corrected chi connectivity index (χ1v) is 10.5. The van der Waals surface area contributed by atoms with Crippen LogP contribution in [-0.4, -0.2) is 26.8 Å². The first-order valence-electron chi connectivity index (χ1n) is 7.37. The molecule has 140 valence electrons. The summed E-state index contributed by atoms with van der Waals surface area (Å²) in [5.41, 5.74) is 4.56. The lowest BCUT2D eigenvalue weighted by molar-refractivity contribution is -0.121. The van der Waals surface area contributed by atoms with Gasteiger partial charge in [0.2, 0.25) is 15.9 Å². The molecule has 2 rings (SSSR count). The van der Waals surface area contributed by atoms with Gasteiger partial charge in [0.1, 0.15) is 0 Å². The number of amides is 2. The van der Waals surface area contributed by atoms with Crippen LogP contribution in [0.15, 0.2) is 40.6 Å². The molecule has 7 nitrogen and oxygen atoms in total. The normalized spacial score (nSPS) is 11.2. The van der Waals surface area contributed by atoms with Crippen LogP contribution < -0.4 is 15.6 Å². The van der Waals surface area contributed by atoms with Crippen LogP contribution in [0, 0.1) is 0 Å². The molecule has 0 aliphatic rings. The first kappa shape index (κ1) is 20.7. The van der Waals surface area contributed by atoms with Crippen LogP contribution in [0.1, 0.15) is 22.5 Å². The molecule has 0 spiro atoms. The van der Waals surface area contributed by atoms with Gasteiger partial charge in [0.15, 0.2) is 0 Å². The van der Waals surface area contributed by atoms with Crippen LogP contribution in [0.5, 0.6) is 0 Å². The molecular formula is C15H15Cl2N3O4S2. The van der Waals surface area contributed by atoms with Gasteiger partial charge in [0.05, 0.1) is 19.8 Å². The van der Waals surface area contributed by atoms with E-state index in [2.05, 4.69) is 15.6 Å². The van der Waals surface area contributed by atoms with Crippen molar-refractivity contribution in [3.8, 4) is 0 Å². The molecule has 26 heavy (non-hydrogen) atoms. The maximum atomic E-state index is 12.1. The topological polar surface area (TPSA) is 104 Å². The van der Waals surface area contributed by atoms with Gasteiger partial charge < -0.3 is 0 Å². The molecule has 2 aromatic rings. The average molecular weight is 436 g/mol. The van der Waals surface area contributed by atoms with Crippen LogP contribution in [0.2, 0.25) is 10.0 Å². The highest BCUT2D eigenvalue weighted by molar-refractivity contribution is 7.89. The number of nitrogens with one attached hydrogen (secondary N) is 3. The summed E-state index contributed by atoms with van der Waals surface area (Å²) >= 11 is 12.8. The van der Waals surface area contributed by atoms with E-state index in [-0.39, 0.29) is 34.3 Å². The monoisotopic (exact) mass is 435 g/mol. The van der Waals surface area contributed by atoms with Gasteiger partial charge in [-0.25, -0.2) is 13.1 Å². The molecule has 1 aromatic heterocycles. The van der Waals surface area contributed by atoms with Gasteiger partial charge in [-0.3, -0.25) is 20.4 Å². The Morgan fingerprint density at radius 1 is 1.08 bits per heavy atom. The number of halogens is 2. The van der Waals surface area contributed by atoms with Crippen molar-refractivity contribution in [1.29, 1.82) is 0 Å². The van der Waals surface area contributed by atoms with Crippen molar-refractivity contribution in [2.45, 2.75) is 17.7 Å². The van der Waals surface area contributed by atoms with Gasteiger partial charge in [0.25, 0.3) is 5.91 Å². The number of thiophene rings is 1. The lowest BCUT2D eigenvalue weighted by atomic mass is 10.3. The minimum absolute atomic E-state index is 0.0143. The van der Waals surface area contributed by atoms with Crippen molar-refractivity contribution in [2.24, 2.45) is 0 Å². The molecule has 1 aromatic carbocycles. The Hall–Kier alpha value is -1.65. The van der Waals surface area contributed by atoms with Crippen molar-refractivity contribution in [3.05, 3.63) is 50.6 Å². The molecule has 1 heterocycles. The fraction of sp³-hybridized carbons (Fsp3) is 0.200. The summed E-state index contributed by atoms with van der Waals surface area (Å²) in [5.74, 6) is -0.836. The third kappa shape index (κ3) is 5.96. The van der Waals surface area contributed by atoms with Gasteiger partial charge in [-0.05, 0) is 36.1 Å². The number of benzene rings is 1. The Labute approximate surface area is 164 Å². The number of hydrogen-bond donors (Lipinski definition) is 3. The number of sulfonamides is 1. The van der Waals surface area contributed by atoms with Gasteiger partial charge in [0, 0.05) is 13.0 Å². The van der Waals surface area contributed by atoms with Crippen molar-refractivity contribution in [2.75, 3.05) is 6.54 Å². The molecule has 0 aliphatic carbocycles. The molecule has 0 fully saturated rings. The van der Waals surface area contributed by atoms with Crippen molar-refractivity contribution in [3.63, 3.8) is 0 Å². The maximum absolute atomic E-state index is 12.1. The fourth-order valence-corrected chi connectivity index (χ4v) is 3.92. The molecule has 0 atom stereocenters. The quantitative estimate of drug-likeness (QED) is 0.458. The molecule has 0 aliphatic heterocycles. The van der Waals surface area contributed by atoms with E-state index in [4.69, 9.17) is 23.2 Å². The second-order valence-electron chi connectivity index (χ2n) is 5.06. The highest BCUT2D eigenvalue weighted by Gasteiger charge is 2.15. The van der Waals surface area contributed by atoms with Crippen molar-refractivity contribution >= 4 is 56.4 Å². The molecule has 0 saturated carbocycles. The predicted octanol–water partition coefficient (Wildman–Crippen LogP) is 2.57. The zero-order valence-corrected chi connectivity index (χ0v) is 16.4. The predicted molar refractivity (Wildman–Crippen MR) is 101 cm³/mol. The third-order valence-electron chi connectivity index (χ3n) is 3.13. The number of hydrazine groups is 1.